The molecule has 0 saturated carbocycles. The van der Waals surface area contributed by atoms with E-state index in [9.17, 15) is 9.59 Å². The number of carbonyl (C=O) groups is 2. The van der Waals surface area contributed by atoms with Gasteiger partial charge in [0.1, 0.15) is 10.8 Å². The number of amides is 3. The predicted molar refractivity (Wildman–Crippen MR) is 95.1 cm³/mol. The maximum atomic E-state index is 12.2. The average Bonchev–Trinajstić information content (AvgIpc) is 2.93. The maximum absolute atomic E-state index is 12.2. The maximum Gasteiger partial charge on any atom is 0.324 e. The van der Waals surface area contributed by atoms with Gasteiger partial charge in [-0.3, -0.25) is 10.1 Å². The SMILES string of the molecule is COc1ccc(NC(=O)Nc2sc3c(c2C(N)=O)CCCC3)cc1. The second kappa shape index (κ2) is 6.92. The molecule has 6 nitrogen and oxygen atoms in total. The molecule has 3 rings (SSSR count). The number of primary amides is 1. The van der Waals surface area contributed by atoms with Crippen molar-refractivity contribution in [3.05, 3.63) is 40.3 Å². The van der Waals surface area contributed by atoms with Gasteiger partial charge in [-0.15, -0.1) is 11.3 Å². The normalized spacial score (nSPS) is 13.0. The van der Waals surface area contributed by atoms with Crippen molar-refractivity contribution >= 4 is 34.0 Å². The molecule has 0 radical (unpaired) electrons. The molecule has 1 aromatic carbocycles. The molecule has 0 aliphatic heterocycles. The Hall–Kier alpha value is -2.54. The molecule has 3 amide bonds. The van der Waals surface area contributed by atoms with Crippen LogP contribution in [0.5, 0.6) is 5.75 Å². The van der Waals surface area contributed by atoms with Crippen molar-refractivity contribution < 1.29 is 14.3 Å². The first-order valence-corrected chi connectivity index (χ1v) is 8.56. The van der Waals surface area contributed by atoms with Crippen LogP contribution in [0.1, 0.15) is 33.6 Å². The molecule has 2 aromatic rings. The van der Waals surface area contributed by atoms with Crippen LogP contribution in [0.2, 0.25) is 0 Å². The van der Waals surface area contributed by atoms with Crippen molar-refractivity contribution in [2.45, 2.75) is 25.7 Å². The number of rotatable bonds is 4. The summed E-state index contributed by atoms with van der Waals surface area (Å²) in [6.45, 7) is 0. The first kappa shape index (κ1) is 16.3. The van der Waals surface area contributed by atoms with E-state index in [-0.39, 0.29) is 0 Å². The van der Waals surface area contributed by atoms with Crippen LogP contribution in [0.25, 0.3) is 0 Å². The smallest absolute Gasteiger partial charge is 0.324 e. The third-order valence-corrected chi connectivity index (χ3v) is 5.20. The Bertz CT molecular complexity index is 768. The monoisotopic (exact) mass is 345 g/mol. The lowest BCUT2D eigenvalue weighted by molar-refractivity contribution is 0.100. The number of fused-ring (bicyclic) bond motifs is 1. The number of thiophene rings is 1. The molecule has 1 aromatic heterocycles. The van der Waals surface area contributed by atoms with Gasteiger partial charge in [-0.2, -0.15) is 0 Å². The standard InChI is InChI=1S/C17H19N3O3S/c1-23-11-8-6-10(7-9-11)19-17(22)20-16-14(15(18)21)12-4-2-3-5-13(12)24-16/h6-9H,2-5H2,1H3,(H2,18,21)(H2,19,20,22). The number of nitrogens with two attached hydrogens (primary N) is 1. The molecular formula is C17H19N3O3S. The van der Waals surface area contributed by atoms with E-state index in [4.69, 9.17) is 10.5 Å². The zero-order chi connectivity index (χ0) is 17.1. The van der Waals surface area contributed by atoms with Gasteiger partial charge in [0.25, 0.3) is 5.91 Å². The molecule has 7 heteroatoms. The van der Waals surface area contributed by atoms with Crippen LogP contribution in [-0.2, 0) is 12.8 Å². The van der Waals surface area contributed by atoms with Crippen LogP contribution in [0.3, 0.4) is 0 Å². The van der Waals surface area contributed by atoms with Gasteiger partial charge in [0, 0.05) is 10.6 Å². The number of nitrogens with one attached hydrogen (secondary N) is 2. The van der Waals surface area contributed by atoms with Gasteiger partial charge in [-0.1, -0.05) is 0 Å². The summed E-state index contributed by atoms with van der Waals surface area (Å²) < 4.78 is 5.08. The molecule has 0 spiro atoms. The minimum absolute atomic E-state index is 0.402. The summed E-state index contributed by atoms with van der Waals surface area (Å²) in [7, 11) is 1.58. The molecule has 126 valence electrons. The van der Waals surface area contributed by atoms with Gasteiger partial charge in [0.05, 0.1) is 12.7 Å². The fraction of sp³-hybridized carbons (Fsp3) is 0.294. The Morgan fingerprint density at radius 1 is 1.12 bits per heavy atom. The molecule has 1 aliphatic rings. The Labute approximate surface area is 144 Å². The van der Waals surface area contributed by atoms with Gasteiger partial charge in [0.15, 0.2) is 0 Å². The number of aryl methyl sites for hydroxylation is 1. The first-order chi connectivity index (χ1) is 11.6. The number of ether oxygens (including phenoxy) is 1. The van der Waals surface area contributed by atoms with Crippen molar-refractivity contribution in [3.63, 3.8) is 0 Å². The van der Waals surface area contributed by atoms with E-state index in [1.54, 1.807) is 31.4 Å². The predicted octanol–water partition coefficient (Wildman–Crippen LogP) is 3.38. The van der Waals surface area contributed by atoms with Gasteiger partial charge >= 0.3 is 6.03 Å². The largest absolute Gasteiger partial charge is 0.497 e. The fourth-order valence-electron chi connectivity index (χ4n) is 2.85. The quantitative estimate of drug-likeness (QED) is 0.793. The third-order valence-electron chi connectivity index (χ3n) is 3.99. The van der Waals surface area contributed by atoms with Crippen LogP contribution in [0.15, 0.2) is 24.3 Å². The Morgan fingerprint density at radius 2 is 1.83 bits per heavy atom. The van der Waals surface area contributed by atoms with Crippen molar-refractivity contribution in [1.29, 1.82) is 0 Å². The van der Waals surface area contributed by atoms with Gasteiger partial charge in [-0.05, 0) is 55.5 Å². The summed E-state index contributed by atoms with van der Waals surface area (Å²) in [5, 5.41) is 6.03. The number of carbonyl (C=O) groups excluding carboxylic acids is 2. The van der Waals surface area contributed by atoms with Gasteiger partial charge < -0.3 is 15.8 Å². The molecule has 0 atom stereocenters. The van der Waals surface area contributed by atoms with Crippen LogP contribution in [-0.4, -0.2) is 19.0 Å². The second-order valence-electron chi connectivity index (χ2n) is 5.59. The highest BCUT2D eigenvalue weighted by Crippen LogP contribution is 2.37. The molecule has 1 aliphatic carbocycles. The number of benzene rings is 1. The van der Waals surface area contributed by atoms with Gasteiger partial charge in [0.2, 0.25) is 0 Å². The van der Waals surface area contributed by atoms with Crippen LogP contribution in [0.4, 0.5) is 15.5 Å². The highest BCUT2D eigenvalue weighted by atomic mass is 32.1. The number of urea groups is 1. The molecule has 0 saturated heterocycles. The molecule has 0 bridgehead atoms. The summed E-state index contributed by atoms with van der Waals surface area (Å²) >= 11 is 1.44. The molecular weight excluding hydrogens is 326 g/mol. The van der Waals surface area contributed by atoms with Gasteiger partial charge in [-0.25, -0.2) is 4.79 Å². The van der Waals surface area contributed by atoms with E-state index < -0.39 is 11.9 Å². The second-order valence-corrected chi connectivity index (χ2v) is 6.69. The summed E-state index contributed by atoms with van der Waals surface area (Å²) in [4.78, 5) is 25.2. The lowest BCUT2D eigenvalue weighted by Crippen LogP contribution is -2.22. The topological polar surface area (TPSA) is 93.4 Å². The molecule has 0 fully saturated rings. The summed E-state index contributed by atoms with van der Waals surface area (Å²) in [5.41, 5.74) is 7.62. The molecule has 1 heterocycles. The number of hydrogen-bond donors (Lipinski definition) is 3. The minimum atomic E-state index is -0.492. The van der Waals surface area contributed by atoms with E-state index in [0.717, 1.165) is 36.1 Å². The van der Waals surface area contributed by atoms with Crippen LogP contribution < -0.4 is 21.1 Å². The van der Waals surface area contributed by atoms with Crippen LogP contribution >= 0.6 is 11.3 Å². The van der Waals surface area contributed by atoms with E-state index in [1.807, 2.05) is 0 Å². The van der Waals surface area contributed by atoms with Crippen LogP contribution in [0, 0.1) is 0 Å². The fourth-order valence-corrected chi connectivity index (χ4v) is 4.14. The first-order valence-electron chi connectivity index (χ1n) is 7.75. The summed E-state index contributed by atoms with van der Waals surface area (Å²) in [6, 6.07) is 6.60. The zero-order valence-electron chi connectivity index (χ0n) is 13.3. The highest BCUT2D eigenvalue weighted by Gasteiger charge is 2.24. The number of hydrogen-bond acceptors (Lipinski definition) is 4. The molecule has 24 heavy (non-hydrogen) atoms. The van der Waals surface area contributed by atoms with E-state index in [2.05, 4.69) is 10.6 Å². The lowest BCUT2D eigenvalue weighted by atomic mass is 9.95. The third kappa shape index (κ3) is 3.35. The summed E-state index contributed by atoms with van der Waals surface area (Å²) in [5.74, 6) is 0.219. The zero-order valence-corrected chi connectivity index (χ0v) is 14.2. The number of methoxy groups -OCH3 is 1. The van der Waals surface area contributed by atoms with E-state index in [1.165, 1.54) is 11.3 Å². The van der Waals surface area contributed by atoms with E-state index in [0.29, 0.717) is 22.0 Å². The molecule has 0 unspecified atom stereocenters. The average molecular weight is 345 g/mol. The number of anilines is 2. The minimum Gasteiger partial charge on any atom is -0.497 e. The van der Waals surface area contributed by atoms with Crippen molar-refractivity contribution in [1.82, 2.24) is 0 Å². The molecule has 4 N–H and O–H groups in total. The summed E-state index contributed by atoms with van der Waals surface area (Å²) in [6.07, 6.45) is 3.92. The van der Waals surface area contributed by atoms with Crippen molar-refractivity contribution in [2.75, 3.05) is 17.7 Å². The van der Waals surface area contributed by atoms with E-state index >= 15 is 0 Å². The lowest BCUT2D eigenvalue weighted by Gasteiger charge is -2.11. The Morgan fingerprint density at radius 3 is 2.50 bits per heavy atom. The Kier molecular flexibility index (Phi) is 4.71. The van der Waals surface area contributed by atoms with Crippen molar-refractivity contribution in [2.24, 2.45) is 5.73 Å². The Balaban J connectivity index is 1.76. The highest BCUT2D eigenvalue weighted by molar-refractivity contribution is 7.17. The van der Waals surface area contributed by atoms with Crippen molar-refractivity contribution in [3.8, 4) is 5.75 Å².